The summed E-state index contributed by atoms with van der Waals surface area (Å²) in [5, 5.41) is 7.17. The molecular formula is C22H32N4O4. The molecule has 8 nitrogen and oxygen atoms in total. The van der Waals surface area contributed by atoms with Gasteiger partial charge in [-0.1, -0.05) is 19.0 Å². The van der Waals surface area contributed by atoms with Crippen molar-refractivity contribution in [1.29, 1.82) is 0 Å². The van der Waals surface area contributed by atoms with Crippen LogP contribution in [-0.2, 0) is 11.3 Å². The van der Waals surface area contributed by atoms with Gasteiger partial charge in [-0.05, 0) is 56.5 Å². The van der Waals surface area contributed by atoms with E-state index < -0.39 is 0 Å². The summed E-state index contributed by atoms with van der Waals surface area (Å²) in [5.74, 6) is 3.24. The number of carbonyl (C=O) groups is 1. The van der Waals surface area contributed by atoms with Crippen molar-refractivity contribution in [3.63, 3.8) is 0 Å². The minimum Gasteiger partial charge on any atom is -0.493 e. The van der Waals surface area contributed by atoms with E-state index in [1.165, 1.54) is 0 Å². The monoisotopic (exact) mass is 416 g/mol. The van der Waals surface area contributed by atoms with Crippen LogP contribution < -0.4 is 14.8 Å². The van der Waals surface area contributed by atoms with Gasteiger partial charge >= 0.3 is 0 Å². The second kappa shape index (κ2) is 10.4. The predicted octanol–water partition coefficient (Wildman–Crippen LogP) is 3.13. The Morgan fingerprint density at radius 2 is 1.97 bits per heavy atom. The molecule has 0 bridgehead atoms. The second-order valence-electron chi connectivity index (χ2n) is 8.11. The van der Waals surface area contributed by atoms with Crippen LogP contribution in [0.5, 0.6) is 11.5 Å². The molecule has 1 aromatic carbocycles. The zero-order valence-corrected chi connectivity index (χ0v) is 18.3. The van der Waals surface area contributed by atoms with E-state index in [1.54, 1.807) is 14.2 Å². The molecule has 1 saturated heterocycles. The molecule has 0 spiro atoms. The van der Waals surface area contributed by atoms with E-state index in [4.69, 9.17) is 14.0 Å². The third kappa shape index (κ3) is 5.72. The van der Waals surface area contributed by atoms with E-state index in [1.807, 2.05) is 18.2 Å². The van der Waals surface area contributed by atoms with Crippen LogP contribution in [0, 0.1) is 11.8 Å². The number of likely N-dealkylation sites (tertiary alicyclic amines) is 1. The third-order valence-electron chi connectivity index (χ3n) is 5.45. The van der Waals surface area contributed by atoms with Crippen molar-refractivity contribution in [2.24, 2.45) is 11.8 Å². The molecule has 1 amide bonds. The normalized spacial score (nSPS) is 15.4. The highest BCUT2D eigenvalue weighted by Crippen LogP contribution is 2.31. The highest BCUT2D eigenvalue weighted by atomic mass is 16.5. The van der Waals surface area contributed by atoms with Gasteiger partial charge in [0, 0.05) is 18.0 Å². The minimum absolute atomic E-state index is 0.0958. The van der Waals surface area contributed by atoms with Crippen LogP contribution in [0.25, 0.3) is 11.4 Å². The van der Waals surface area contributed by atoms with Crippen LogP contribution >= 0.6 is 0 Å². The molecule has 0 unspecified atom stereocenters. The molecule has 1 N–H and O–H groups in total. The number of nitrogens with one attached hydrogen (secondary N) is 1. The number of ether oxygens (including phenoxy) is 2. The summed E-state index contributed by atoms with van der Waals surface area (Å²) < 4.78 is 16.1. The molecule has 1 aliphatic rings. The molecule has 1 aromatic heterocycles. The summed E-state index contributed by atoms with van der Waals surface area (Å²) in [6.45, 7) is 7.36. The molecule has 0 radical (unpaired) electrons. The van der Waals surface area contributed by atoms with Crippen molar-refractivity contribution in [3.05, 3.63) is 24.1 Å². The first-order valence-electron chi connectivity index (χ1n) is 10.5. The lowest BCUT2D eigenvalue weighted by Gasteiger charge is -2.30. The van der Waals surface area contributed by atoms with Crippen molar-refractivity contribution in [1.82, 2.24) is 20.4 Å². The molecule has 2 aromatic rings. The van der Waals surface area contributed by atoms with Crippen LogP contribution in [0.3, 0.4) is 0 Å². The van der Waals surface area contributed by atoms with Gasteiger partial charge < -0.3 is 19.3 Å². The van der Waals surface area contributed by atoms with Gasteiger partial charge in [-0.15, -0.1) is 0 Å². The Morgan fingerprint density at radius 1 is 1.23 bits per heavy atom. The van der Waals surface area contributed by atoms with Gasteiger partial charge in [0.05, 0.1) is 20.8 Å². The molecule has 164 valence electrons. The Bertz CT molecular complexity index is 828. The largest absolute Gasteiger partial charge is 0.493 e. The average molecular weight is 417 g/mol. The number of piperidine rings is 1. The van der Waals surface area contributed by atoms with Crippen LogP contribution in [0.4, 0.5) is 0 Å². The number of amides is 1. The first-order chi connectivity index (χ1) is 14.5. The number of benzene rings is 1. The molecule has 0 atom stereocenters. The van der Waals surface area contributed by atoms with Crippen molar-refractivity contribution in [2.45, 2.75) is 39.7 Å². The summed E-state index contributed by atoms with van der Waals surface area (Å²) in [7, 11) is 3.19. The number of carbonyl (C=O) groups excluding carboxylic acids is 1. The zero-order valence-electron chi connectivity index (χ0n) is 18.3. The molecule has 1 fully saturated rings. The molecule has 30 heavy (non-hydrogen) atoms. The fourth-order valence-electron chi connectivity index (χ4n) is 3.58. The number of rotatable bonds is 9. The standard InChI is InChI=1S/C22H32N4O4/c1-15(2)7-10-23-22(27)16-8-11-26(12-9-16)14-20-24-21(25-30-20)17-5-6-18(28-3)19(13-17)29-4/h5-6,13,15-16H,7-12,14H2,1-4H3,(H,23,27). The second-order valence-corrected chi connectivity index (χ2v) is 8.11. The third-order valence-corrected chi connectivity index (χ3v) is 5.45. The van der Waals surface area contributed by atoms with Crippen LogP contribution in [-0.4, -0.2) is 54.8 Å². The van der Waals surface area contributed by atoms with Gasteiger partial charge in [0.15, 0.2) is 11.5 Å². The maximum Gasteiger partial charge on any atom is 0.241 e. The van der Waals surface area contributed by atoms with Gasteiger partial charge in [0.1, 0.15) is 0 Å². The number of hydrogen-bond acceptors (Lipinski definition) is 7. The summed E-state index contributed by atoms with van der Waals surface area (Å²) in [6, 6.07) is 5.53. The Hall–Kier alpha value is -2.61. The number of methoxy groups -OCH3 is 2. The minimum atomic E-state index is 0.0958. The molecule has 0 saturated carbocycles. The number of nitrogens with zero attached hydrogens (tertiary/aromatic N) is 3. The van der Waals surface area contributed by atoms with Crippen LogP contribution in [0.2, 0.25) is 0 Å². The van der Waals surface area contributed by atoms with Gasteiger partial charge in [-0.2, -0.15) is 4.98 Å². The smallest absolute Gasteiger partial charge is 0.241 e. The zero-order chi connectivity index (χ0) is 21.5. The Kier molecular flexibility index (Phi) is 7.68. The molecule has 3 rings (SSSR count). The lowest BCUT2D eigenvalue weighted by molar-refractivity contribution is -0.126. The molecular weight excluding hydrogens is 384 g/mol. The lowest BCUT2D eigenvalue weighted by Crippen LogP contribution is -2.40. The molecule has 1 aliphatic heterocycles. The quantitative estimate of drug-likeness (QED) is 0.672. The summed E-state index contributed by atoms with van der Waals surface area (Å²) in [5.41, 5.74) is 0.805. The van der Waals surface area contributed by atoms with E-state index in [-0.39, 0.29) is 11.8 Å². The van der Waals surface area contributed by atoms with E-state index in [0.717, 1.165) is 44.5 Å². The Balaban J connectivity index is 1.51. The number of aromatic nitrogens is 2. The molecule has 0 aliphatic carbocycles. The van der Waals surface area contributed by atoms with Gasteiger partial charge in [0.2, 0.25) is 17.6 Å². The lowest BCUT2D eigenvalue weighted by atomic mass is 9.96. The van der Waals surface area contributed by atoms with Crippen molar-refractivity contribution < 1.29 is 18.8 Å². The first-order valence-corrected chi connectivity index (χ1v) is 10.5. The predicted molar refractivity (Wildman–Crippen MR) is 113 cm³/mol. The first kappa shape index (κ1) is 22.1. The summed E-state index contributed by atoms with van der Waals surface area (Å²) >= 11 is 0. The highest BCUT2D eigenvalue weighted by Gasteiger charge is 2.26. The Morgan fingerprint density at radius 3 is 2.63 bits per heavy atom. The van der Waals surface area contributed by atoms with E-state index in [9.17, 15) is 4.79 Å². The van der Waals surface area contributed by atoms with Crippen LogP contribution in [0.15, 0.2) is 22.7 Å². The van der Waals surface area contributed by atoms with E-state index in [0.29, 0.717) is 35.7 Å². The summed E-state index contributed by atoms with van der Waals surface area (Å²) in [6.07, 6.45) is 2.72. The number of hydrogen-bond donors (Lipinski definition) is 1. The molecule has 2 heterocycles. The summed E-state index contributed by atoms with van der Waals surface area (Å²) in [4.78, 5) is 19.1. The van der Waals surface area contributed by atoms with Crippen molar-refractivity contribution >= 4 is 5.91 Å². The van der Waals surface area contributed by atoms with Crippen molar-refractivity contribution in [2.75, 3.05) is 33.9 Å². The fraction of sp³-hybridized carbons (Fsp3) is 0.591. The van der Waals surface area contributed by atoms with Gasteiger partial charge in [-0.25, -0.2) is 0 Å². The fourth-order valence-corrected chi connectivity index (χ4v) is 3.58. The maximum atomic E-state index is 12.3. The highest BCUT2D eigenvalue weighted by molar-refractivity contribution is 5.78. The van der Waals surface area contributed by atoms with Gasteiger partial charge in [0.25, 0.3) is 0 Å². The van der Waals surface area contributed by atoms with Gasteiger partial charge in [-0.3, -0.25) is 9.69 Å². The SMILES string of the molecule is COc1ccc(-c2noc(CN3CCC(C(=O)NCCC(C)C)CC3)n2)cc1OC. The van der Waals surface area contributed by atoms with E-state index in [2.05, 4.69) is 34.2 Å². The maximum absolute atomic E-state index is 12.3. The van der Waals surface area contributed by atoms with E-state index >= 15 is 0 Å². The van der Waals surface area contributed by atoms with Crippen molar-refractivity contribution in [3.8, 4) is 22.9 Å². The average Bonchev–Trinajstić information content (AvgIpc) is 3.21. The topological polar surface area (TPSA) is 89.7 Å². The Labute approximate surface area is 177 Å². The molecule has 8 heteroatoms. The van der Waals surface area contributed by atoms with Crippen LogP contribution in [0.1, 0.15) is 39.0 Å².